The van der Waals surface area contributed by atoms with Gasteiger partial charge in [0.15, 0.2) is 6.29 Å². The molecule has 0 heterocycles. The van der Waals surface area contributed by atoms with Crippen molar-refractivity contribution >= 4 is 18.0 Å². The van der Waals surface area contributed by atoms with E-state index in [2.05, 4.69) is 41.7 Å². The van der Waals surface area contributed by atoms with Crippen LogP contribution in [0.4, 0.5) is 5.69 Å². The van der Waals surface area contributed by atoms with E-state index in [9.17, 15) is 4.79 Å². The maximum Gasteiger partial charge on any atom is 0.152 e. The van der Waals surface area contributed by atoms with Crippen molar-refractivity contribution in [2.75, 3.05) is 11.9 Å². The van der Waals surface area contributed by atoms with Gasteiger partial charge in [0.25, 0.3) is 0 Å². The highest BCUT2D eigenvalue weighted by atomic mass is 16.1. The standard InChI is InChI=1S/C22H19NO/c24-17-21-14-13-20(19-11-5-2-6-12-19)16-22(21)23-15-7-10-18-8-3-1-4-9-18/h1-14,16-17,23H,15H2/b10-7+. The van der Waals surface area contributed by atoms with E-state index in [4.69, 9.17) is 0 Å². The number of hydrogen-bond donors (Lipinski definition) is 1. The van der Waals surface area contributed by atoms with Crippen molar-refractivity contribution in [1.29, 1.82) is 0 Å². The van der Waals surface area contributed by atoms with Crippen LogP contribution in [0.1, 0.15) is 15.9 Å². The molecule has 0 atom stereocenters. The smallest absolute Gasteiger partial charge is 0.152 e. The Labute approximate surface area is 142 Å². The molecule has 1 N–H and O–H groups in total. The number of hydrogen-bond acceptors (Lipinski definition) is 2. The molecule has 0 aliphatic heterocycles. The van der Waals surface area contributed by atoms with Gasteiger partial charge in [-0.05, 0) is 28.8 Å². The first-order valence-corrected chi connectivity index (χ1v) is 7.97. The molecule has 2 heteroatoms. The fourth-order valence-electron chi connectivity index (χ4n) is 2.55. The molecular weight excluding hydrogens is 294 g/mol. The first-order chi connectivity index (χ1) is 11.9. The Balaban J connectivity index is 1.74. The molecular formula is C22H19NO. The van der Waals surface area contributed by atoms with Crippen LogP contribution in [0.25, 0.3) is 17.2 Å². The molecule has 2 nitrogen and oxygen atoms in total. The monoisotopic (exact) mass is 313 g/mol. The predicted molar refractivity (Wildman–Crippen MR) is 101 cm³/mol. The fourth-order valence-corrected chi connectivity index (χ4v) is 2.55. The third-order valence-electron chi connectivity index (χ3n) is 3.81. The zero-order chi connectivity index (χ0) is 16.6. The molecule has 0 fully saturated rings. The number of anilines is 1. The number of carbonyl (C=O) groups is 1. The molecule has 0 unspecified atom stereocenters. The lowest BCUT2D eigenvalue weighted by atomic mass is 10.0. The number of aldehydes is 1. The first kappa shape index (κ1) is 15.8. The van der Waals surface area contributed by atoms with E-state index in [0.29, 0.717) is 12.1 Å². The normalized spacial score (nSPS) is 10.7. The summed E-state index contributed by atoms with van der Waals surface area (Å²) >= 11 is 0. The molecule has 0 aliphatic carbocycles. The van der Waals surface area contributed by atoms with Crippen molar-refractivity contribution in [1.82, 2.24) is 0 Å². The summed E-state index contributed by atoms with van der Waals surface area (Å²) in [6.07, 6.45) is 5.01. The Kier molecular flexibility index (Phi) is 5.21. The maximum atomic E-state index is 11.3. The van der Waals surface area contributed by atoms with Gasteiger partial charge in [-0.25, -0.2) is 0 Å². The van der Waals surface area contributed by atoms with Crippen molar-refractivity contribution in [3.8, 4) is 11.1 Å². The van der Waals surface area contributed by atoms with Gasteiger partial charge in [-0.3, -0.25) is 4.79 Å². The molecule has 118 valence electrons. The van der Waals surface area contributed by atoms with Gasteiger partial charge >= 0.3 is 0 Å². The van der Waals surface area contributed by atoms with Crippen LogP contribution in [0.5, 0.6) is 0 Å². The Morgan fingerprint density at radius 2 is 1.50 bits per heavy atom. The summed E-state index contributed by atoms with van der Waals surface area (Å²) in [6, 6.07) is 26.2. The van der Waals surface area contributed by atoms with Gasteiger partial charge in [0, 0.05) is 17.8 Å². The average molecular weight is 313 g/mol. The summed E-state index contributed by atoms with van der Waals surface area (Å²) in [5.41, 5.74) is 4.91. The summed E-state index contributed by atoms with van der Waals surface area (Å²) in [6.45, 7) is 0.661. The molecule has 0 aliphatic rings. The first-order valence-electron chi connectivity index (χ1n) is 7.97. The number of rotatable bonds is 6. The molecule has 24 heavy (non-hydrogen) atoms. The molecule has 0 amide bonds. The Morgan fingerprint density at radius 3 is 2.21 bits per heavy atom. The second-order valence-corrected chi connectivity index (χ2v) is 5.48. The third kappa shape index (κ3) is 3.99. The van der Waals surface area contributed by atoms with Crippen LogP contribution >= 0.6 is 0 Å². The van der Waals surface area contributed by atoms with Gasteiger partial charge in [0.2, 0.25) is 0 Å². The quantitative estimate of drug-likeness (QED) is 0.626. The number of nitrogens with one attached hydrogen (secondary N) is 1. The summed E-state index contributed by atoms with van der Waals surface area (Å²) in [7, 11) is 0. The molecule has 0 saturated heterocycles. The Bertz CT molecular complexity index is 823. The minimum atomic E-state index is 0.661. The fraction of sp³-hybridized carbons (Fsp3) is 0.0455. The lowest BCUT2D eigenvalue weighted by Crippen LogP contribution is -2.01. The second kappa shape index (κ2) is 7.93. The van der Waals surface area contributed by atoms with Crippen LogP contribution in [0, 0.1) is 0 Å². The summed E-state index contributed by atoms with van der Waals surface area (Å²) in [5, 5.41) is 3.33. The van der Waals surface area contributed by atoms with E-state index in [1.165, 1.54) is 0 Å². The molecule has 0 radical (unpaired) electrons. The van der Waals surface area contributed by atoms with Gasteiger partial charge in [-0.2, -0.15) is 0 Å². The van der Waals surface area contributed by atoms with E-state index >= 15 is 0 Å². The van der Waals surface area contributed by atoms with E-state index in [0.717, 1.165) is 28.7 Å². The van der Waals surface area contributed by atoms with E-state index in [-0.39, 0.29) is 0 Å². The third-order valence-corrected chi connectivity index (χ3v) is 3.81. The molecule has 0 saturated carbocycles. The van der Waals surface area contributed by atoms with Gasteiger partial charge in [-0.1, -0.05) is 78.9 Å². The van der Waals surface area contributed by atoms with Crippen LogP contribution in [0.3, 0.4) is 0 Å². The van der Waals surface area contributed by atoms with Crippen molar-refractivity contribution < 1.29 is 4.79 Å². The highest BCUT2D eigenvalue weighted by Crippen LogP contribution is 2.24. The SMILES string of the molecule is O=Cc1ccc(-c2ccccc2)cc1NC/C=C/c1ccccc1. The highest BCUT2D eigenvalue weighted by molar-refractivity contribution is 5.86. The zero-order valence-electron chi connectivity index (χ0n) is 13.4. The predicted octanol–water partition coefficient (Wildman–Crippen LogP) is 5.29. The minimum Gasteiger partial charge on any atom is -0.381 e. The second-order valence-electron chi connectivity index (χ2n) is 5.48. The van der Waals surface area contributed by atoms with Crippen molar-refractivity contribution in [3.63, 3.8) is 0 Å². The molecule has 3 rings (SSSR count). The van der Waals surface area contributed by atoms with Crippen LogP contribution in [0.15, 0.2) is 84.9 Å². The lowest BCUT2D eigenvalue weighted by Gasteiger charge is -2.10. The van der Waals surface area contributed by atoms with Crippen LogP contribution in [-0.4, -0.2) is 12.8 Å². The van der Waals surface area contributed by atoms with Crippen molar-refractivity contribution in [3.05, 3.63) is 96.1 Å². The topological polar surface area (TPSA) is 29.1 Å². The molecule has 0 aromatic heterocycles. The van der Waals surface area contributed by atoms with Gasteiger partial charge < -0.3 is 5.32 Å². The summed E-state index contributed by atoms with van der Waals surface area (Å²) < 4.78 is 0. The maximum absolute atomic E-state index is 11.3. The number of benzene rings is 3. The largest absolute Gasteiger partial charge is 0.381 e. The Hall–Kier alpha value is -3.13. The molecule has 3 aromatic rings. The van der Waals surface area contributed by atoms with Crippen LogP contribution in [-0.2, 0) is 0 Å². The van der Waals surface area contributed by atoms with Crippen molar-refractivity contribution in [2.24, 2.45) is 0 Å². The van der Waals surface area contributed by atoms with Crippen LogP contribution < -0.4 is 5.32 Å². The van der Waals surface area contributed by atoms with Gasteiger partial charge in [0.1, 0.15) is 0 Å². The van der Waals surface area contributed by atoms with Crippen molar-refractivity contribution in [2.45, 2.75) is 0 Å². The zero-order valence-corrected chi connectivity index (χ0v) is 13.4. The molecule has 0 bridgehead atoms. The van der Waals surface area contributed by atoms with E-state index in [1.54, 1.807) is 0 Å². The molecule has 0 spiro atoms. The van der Waals surface area contributed by atoms with Gasteiger partial charge in [-0.15, -0.1) is 0 Å². The molecule has 3 aromatic carbocycles. The lowest BCUT2D eigenvalue weighted by molar-refractivity contribution is 0.112. The van der Waals surface area contributed by atoms with E-state index in [1.807, 2.05) is 54.6 Å². The average Bonchev–Trinajstić information content (AvgIpc) is 2.66. The Morgan fingerprint density at radius 1 is 0.792 bits per heavy atom. The highest BCUT2D eigenvalue weighted by Gasteiger charge is 2.04. The van der Waals surface area contributed by atoms with E-state index < -0.39 is 0 Å². The summed E-state index contributed by atoms with van der Waals surface area (Å²) in [5.74, 6) is 0. The van der Waals surface area contributed by atoms with Gasteiger partial charge in [0.05, 0.1) is 0 Å². The summed E-state index contributed by atoms with van der Waals surface area (Å²) in [4.78, 5) is 11.3. The minimum absolute atomic E-state index is 0.661. The van der Waals surface area contributed by atoms with Crippen LogP contribution in [0.2, 0.25) is 0 Å². The number of carbonyl (C=O) groups excluding carboxylic acids is 1.